The van der Waals surface area contributed by atoms with Gasteiger partial charge < -0.3 is 4.90 Å². The third kappa shape index (κ3) is 3.50. The molecule has 2 fully saturated rings. The molecule has 0 unspecified atom stereocenters. The second kappa shape index (κ2) is 5.71. The van der Waals surface area contributed by atoms with Gasteiger partial charge in [-0.2, -0.15) is 0 Å². The topological polar surface area (TPSA) is 83.6 Å². The van der Waals surface area contributed by atoms with Crippen molar-refractivity contribution in [3.8, 4) is 0 Å². The molecule has 0 aromatic heterocycles. The van der Waals surface area contributed by atoms with Crippen molar-refractivity contribution in [2.45, 2.75) is 44.8 Å². The van der Waals surface area contributed by atoms with Gasteiger partial charge in [-0.05, 0) is 39.5 Å². The van der Waals surface area contributed by atoms with Gasteiger partial charge in [-0.1, -0.05) is 0 Å². The average molecular weight is 302 g/mol. The van der Waals surface area contributed by atoms with Crippen LogP contribution in [0.3, 0.4) is 0 Å². The number of sulfonamides is 1. The van der Waals surface area contributed by atoms with Crippen molar-refractivity contribution < 1.29 is 18.0 Å². The van der Waals surface area contributed by atoms with E-state index >= 15 is 0 Å². The largest absolute Gasteiger partial charge is 0.342 e. The molecule has 20 heavy (non-hydrogen) atoms. The summed E-state index contributed by atoms with van der Waals surface area (Å²) in [5, 5.41) is -0.640. The average Bonchev–Trinajstić information content (AvgIpc) is 3.21. The molecule has 2 rings (SSSR count). The molecule has 1 aliphatic heterocycles. The number of likely N-dealkylation sites (tertiary alicyclic amines) is 1. The van der Waals surface area contributed by atoms with Crippen molar-refractivity contribution in [1.29, 1.82) is 0 Å². The lowest BCUT2D eigenvalue weighted by Gasteiger charge is -2.32. The van der Waals surface area contributed by atoms with Crippen LogP contribution in [0.5, 0.6) is 0 Å². The standard InChI is InChI=1S/C13H22N2O4S/c1-9(2)20(18,19)14-12(16)11-4-3-7-15(8-11)13(17)10-5-6-10/h9-11H,3-8H2,1-2H3,(H,14,16)/t11-/m1/s1. The molecule has 1 saturated carbocycles. The van der Waals surface area contributed by atoms with Gasteiger partial charge in [0.05, 0.1) is 11.2 Å². The summed E-state index contributed by atoms with van der Waals surface area (Å²) in [7, 11) is -3.59. The maximum absolute atomic E-state index is 12.0. The molecule has 2 amide bonds. The Morgan fingerprint density at radius 1 is 1.15 bits per heavy atom. The van der Waals surface area contributed by atoms with Gasteiger partial charge in [-0.3, -0.25) is 14.3 Å². The van der Waals surface area contributed by atoms with Gasteiger partial charge in [0, 0.05) is 19.0 Å². The number of nitrogens with zero attached hydrogens (tertiary/aromatic N) is 1. The number of hydrogen-bond acceptors (Lipinski definition) is 4. The maximum atomic E-state index is 12.0. The number of piperidine rings is 1. The molecule has 0 aromatic rings. The molecule has 0 spiro atoms. The van der Waals surface area contributed by atoms with E-state index in [1.807, 2.05) is 0 Å². The summed E-state index contributed by atoms with van der Waals surface area (Å²) in [5.41, 5.74) is 0. The summed E-state index contributed by atoms with van der Waals surface area (Å²) in [6, 6.07) is 0. The fourth-order valence-electron chi connectivity index (χ4n) is 2.32. The molecule has 1 N–H and O–H groups in total. The van der Waals surface area contributed by atoms with Crippen LogP contribution in [0.25, 0.3) is 0 Å². The van der Waals surface area contributed by atoms with Crippen LogP contribution in [0.1, 0.15) is 39.5 Å². The van der Waals surface area contributed by atoms with Crippen LogP contribution in [0.15, 0.2) is 0 Å². The van der Waals surface area contributed by atoms with Crippen molar-refractivity contribution in [3.63, 3.8) is 0 Å². The van der Waals surface area contributed by atoms with Crippen LogP contribution in [0.4, 0.5) is 0 Å². The van der Waals surface area contributed by atoms with Crippen molar-refractivity contribution >= 4 is 21.8 Å². The van der Waals surface area contributed by atoms with E-state index in [0.29, 0.717) is 19.5 Å². The van der Waals surface area contributed by atoms with Gasteiger partial charge in [0.25, 0.3) is 0 Å². The van der Waals surface area contributed by atoms with Crippen molar-refractivity contribution in [3.05, 3.63) is 0 Å². The zero-order valence-electron chi connectivity index (χ0n) is 12.0. The van der Waals surface area contributed by atoms with Crippen LogP contribution >= 0.6 is 0 Å². The SMILES string of the molecule is CC(C)S(=O)(=O)NC(=O)[C@@H]1CCCN(C(=O)C2CC2)C1. The molecule has 114 valence electrons. The van der Waals surface area contributed by atoms with E-state index in [4.69, 9.17) is 0 Å². The Morgan fingerprint density at radius 3 is 2.35 bits per heavy atom. The Labute approximate surface area is 120 Å². The first kappa shape index (κ1) is 15.3. The fourth-order valence-corrected chi connectivity index (χ4v) is 3.00. The molecule has 2 aliphatic rings. The van der Waals surface area contributed by atoms with Crippen molar-refractivity contribution in [2.24, 2.45) is 11.8 Å². The predicted octanol–water partition coefficient (Wildman–Crippen LogP) is 0.489. The van der Waals surface area contributed by atoms with Crippen LogP contribution in [-0.2, 0) is 19.6 Å². The van der Waals surface area contributed by atoms with Gasteiger partial charge in [0.15, 0.2) is 0 Å². The zero-order chi connectivity index (χ0) is 14.9. The number of hydrogen-bond donors (Lipinski definition) is 1. The quantitative estimate of drug-likeness (QED) is 0.819. The lowest BCUT2D eigenvalue weighted by atomic mass is 9.97. The molecule has 0 aromatic carbocycles. The minimum absolute atomic E-state index is 0.120. The highest BCUT2D eigenvalue weighted by molar-refractivity contribution is 7.90. The van der Waals surface area contributed by atoms with E-state index < -0.39 is 27.1 Å². The Bertz CT molecular complexity index is 497. The molecular formula is C13H22N2O4S. The molecular weight excluding hydrogens is 280 g/mol. The van der Waals surface area contributed by atoms with Crippen LogP contribution in [0, 0.1) is 11.8 Å². The summed E-state index contributed by atoms with van der Waals surface area (Å²) >= 11 is 0. The third-order valence-electron chi connectivity index (χ3n) is 3.89. The van der Waals surface area contributed by atoms with Crippen molar-refractivity contribution in [1.82, 2.24) is 9.62 Å². The van der Waals surface area contributed by atoms with Gasteiger partial charge in [0.1, 0.15) is 0 Å². The first-order valence-electron chi connectivity index (χ1n) is 7.15. The highest BCUT2D eigenvalue weighted by Gasteiger charge is 2.37. The Morgan fingerprint density at radius 2 is 1.80 bits per heavy atom. The minimum atomic E-state index is -3.59. The Hall–Kier alpha value is -1.11. The lowest BCUT2D eigenvalue weighted by Crippen LogP contribution is -2.48. The third-order valence-corrected chi connectivity index (χ3v) is 5.62. The normalized spacial score (nSPS) is 23.8. The summed E-state index contributed by atoms with van der Waals surface area (Å²) < 4.78 is 25.5. The summed E-state index contributed by atoms with van der Waals surface area (Å²) in [6.07, 6.45) is 3.26. The van der Waals surface area contributed by atoms with E-state index in [2.05, 4.69) is 4.72 Å². The molecule has 0 radical (unpaired) electrons. The highest BCUT2D eigenvalue weighted by atomic mass is 32.2. The van der Waals surface area contributed by atoms with E-state index in [1.54, 1.807) is 4.90 Å². The summed E-state index contributed by atoms with van der Waals surface area (Å²) in [5.74, 6) is -0.641. The van der Waals surface area contributed by atoms with E-state index in [0.717, 1.165) is 19.3 Å². The first-order chi connectivity index (χ1) is 9.31. The van der Waals surface area contributed by atoms with Crippen LogP contribution in [-0.4, -0.2) is 43.5 Å². The van der Waals surface area contributed by atoms with Gasteiger partial charge in [-0.25, -0.2) is 8.42 Å². The molecule has 1 atom stereocenters. The molecule has 0 bridgehead atoms. The number of amides is 2. The smallest absolute Gasteiger partial charge is 0.238 e. The predicted molar refractivity (Wildman–Crippen MR) is 74.2 cm³/mol. The van der Waals surface area contributed by atoms with Crippen LogP contribution < -0.4 is 4.72 Å². The fraction of sp³-hybridized carbons (Fsp3) is 0.846. The Balaban J connectivity index is 1.94. The number of carbonyl (C=O) groups is 2. The van der Waals surface area contributed by atoms with E-state index in [1.165, 1.54) is 13.8 Å². The number of rotatable bonds is 4. The molecule has 6 nitrogen and oxygen atoms in total. The van der Waals surface area contributed by atoms with Crippen LogP contribution in [0.2, 0.25) is 0 Å². The Kier molecular flexibility index (Phi) is 4.36. The molecule has 1 aliphatic carbocycles. The highest BCUT2D eigenvalue weighted by Crippen LogP contribution is 2.32. The van der Waals surface area contributed by atoms with Gasteiger partial charge in [-0.15, -0.1) is 0 Å². The summed E-state index contributed by atoms with van der Waals surface area (Å²) in [4.78, 5) is 25.8. The number of carbonyl (C=O) groups excluding carboxylic acids is 2. The second-order valence-electron chi connectivity index (χ2n) is 5.96. The maximum Gasteiger partial charge on any atom is 0.238 e. The zero-order valence-corrected chi connectivity index (χ0v) is 12.8. The van der Waals surface area contributed by atoms with Gasteiger partial charge >= 0.3 is 0 Å². The lowest BCUT2D eigenvalue weighted by molar-refractivity contribution is -0.136. The first-order valence-corrected chi connectivity index (χ1v) is 8.70. The van der Waals surface area contributed by atoms with E-state index in [9.17, 15) is 18.0 Å². The monoisotopic (exact) mass is 302 g/mol. The summed E-state index contributed by atoms with van der Waals surface area (Å²) in [6.45, 7) is 4.07. The molecule has 7 heteroatoms. The van der Waals surface area contributed by atoms with Crippen molar-refractivity contribution in [2.75, 3.05) is 13.1 Å². The number of nitrogens with one attached hydrogen (secondary N) is 1. The van der Waals surface area contributed by atoms with Gasteiger partial charge in [0.2, 0.25) is 21.8 Å². The molecule has 1 heterocycles. The second-order valence-corrected chi connectivity index (χ2v) is 8.19. The molecule has 1 saturated heterocycles. The van der Waals surface area contributed by atoms with E-state index in [-0.39, 0.29) is 11.8 Å². The minimum Gasteiger partial charge on any atom is -0.342 e.